The lowest BCUT2D eigenvalue weighted by molar-refractivity contribution is 0.349. The minimum Gasteiger partial charge on any atom is -0.496 e. The fraction of sp³-hybridized carbons (Fsp3) is 0.125. The Kier molecular flexibility index (Phi) is 5.66. The van der Waals surface area contributed by atoms with Gasteiger partial charge in [0.25, 0.3) is 5.56 Å². The van der Waals surface area contributed by atoms with Crippen molar-refractivity contribution in [2.45, 2.75) is 0 Å². The molecule has 156 valence electrons. The molecule has 1 aromatic heterocycles. The van der Waals surface area contributed by atoms with Crippen LogP contribution in [0.3, 0.4) is 0 Å². The summed E-state index contributed by atoms with van der Waals surface area (Å²) < 4.78 is 17.5. The van der Waals surface area contributed by atoms with Crippen LogP contribution in [0.2, 0.25) is 0 Å². The number of para-hydroxylation sites is 1. The number of methoxy groups -OCH3 is 3. The highest BCUT2D eigenvalue weighted by atomic mass is 16.5. The van der Waals surface area contributed by atoms with E-state index < -0.39 is 0 Å². The number of aromatic nitrogens is 2. The van der Waals surface area contributed by atoms with Crippen LogP contribution in [0.4, 0.5) is 0 Å². The fourth-order valence-corrected chi connectivity index (χ4v) is 3.28. The zero-order valence-corrected chi connectivity index (χ0v) is 17.4. The molecule has 0 saturated carbocycles. The minimum atomic E-state index is -0.264. The minimum absolute atomic E-state index is 0.264. The second kappa shape index (κ2) is 8.71. The summed E-state index contributed by atoms with van der Waals surface area (Å²) in [4.78, 5) is 18.0. The summed E-state index contributed by atoms with van der Waals surface area (Å²) in [6, 6.07) is 20.1. The SMILES string of the molecule is COc1cc(OC)c(OC)cc1C=Nn1c(-c2ccccc2)nc2ccccc2c1=O. The quantitative estimate of drug-likeness (QED) is 0.446. The highest BCUT2D eigenvalue weighted by Gasteiger charge is 2.14. The van der Waals surface area contributed by atoms with Crippen molar-refractivity contribution in [3.05, 3.63) is 82.6 Å². The van der Waals surface area contributed by atoms with Crippen molar-refractivity contribution in [3.63, 3.8) is 0 Å². The molecule has 0 atom stereocenters. The molecule has 31 heavy (non-hydrogen) atoms. The molecule has 1 heterocycles. The normalized spacial score (nSPS) is 11.1. The molecule has 0 unspecified atom stereocenters. The van der Waals surface area contributed by atoms with Gasteiger partial charge in [-0.2, -0.15) is 9.78 Å². The highest BCUT2D eigenvalue weighted by Crippen LogP contribution is 2.33. The van der Waals surface area contributed by atoms with Crippen LogP contribution in [0.25, 0.3) is 22.3 Å². The van der Waals surface area contributed by atoms with Crippen molar-refractivity contribution in [3.8, 4) is 28.6 Å². The van der Waals surface area contributed by atoms with Gasteiger partial charge in [-0.15, -0.1) is 0 Å². The molecule has 7 nitrogen and oxygen atoms in total. The number of ether oxygens (including phenoxy) is 3. The third-order valence-electron chi connectivity index (χ3n) is 4.83. The molecule has 0 saturated heterocycles. The lowest BCUT2D eigenvalue weighted by Crippen LogP contribution is -2.20. The number of rotatable bonds is 6. The Labute approximate surface area is 179 Å². The van der Waals surface area contributed by atoms with Gasteiger partial charge >= 0.3 is 0 Å². The molecule has 3 aromatic carbocycles. The van der Waals surface area contributed by atoms with Crippen molar-refractivity contribution in [1.82, 2.24) is 9.66 Å². The van der Waals surface area contributed by atoms with E-state index in [1.807, 2.05) is 42.5 Å². The molecular weight excluding hydrogens is 394 g/mol. The van der Waals surface area contributed by atoms with Gasteiger partial charge in [-0.1, -0.05) is 42.5 Å². The van der Waals surface area contributed by atoms with Crippen LogP contribution in [0, 0.1) is 0 Å². The van der Waals surface area contributed by atoms with Gasteiger partial charge in [-0.05, 0) is 18.2 Å². The van der Waals surface area contributed by atoms with Gasteiger partial charge in [0.15, 0.2) is 17.3 Å². The van der Waals surface area contributed by atoms with Gasteiger partial charge in [-0.3, -0.25) is 4.79 Å². The molecule has 4 aromatic rings. The smallest absolute Gasteiger partial charge is 0.282 e. The van der Waals surface area contributed by atoms with Crippen LogP contribution in [0.15, 0.2) is 76.6 Å². The Balaban J connectivity index is 1.92. The first kappa shape index (κ1) is 20.2. The predicted octanol–water partition coefficient (Wildman–Crippen LogP) is 3.97. The van der Waals surface area contributed by atoms with Gasteiger partial charge in [0.1, 0.15) is 5.75 Å². The summed E-state index contributed by atoms with van der Waals surface area (Å²) in [7, 11) is 4.66. The molecule has 0 spiro atoms. The zero-order chi connectivity index (χ0) is 21.8. The van der Waals surface area contributed by atoms with Crippen LogP contribution in [0.1, 0.15) is 5.56 Å². The van der Waals surface area contributed by atoms with Gasteiger partial charge < -0.3 is 14.2 Å². The summed E-state index contributed by atoms with van der Waals surface area (Å²) in [5.74, 6) is 2.03. The summed E-state index contributed by atoms with van der Waals surface area (Å²) >= 11 is 0. The topological polar surface area (TPSA) is 74.9 Å². The van der Waals surface area contributed by atoms with Crippen LogP contribution in [-0.2, 0) is 0 Å². The van der Waals surface area contributed by atoms with E-state index in [-0.39, 0.29) is 5.56 Å². The standard InChI is InChI=1S/C24H21N3O4/c1-29-20-14-22(31-3)21(30-2)13-17(20)15-25-27-23(16-9-5-4-6-10-16)26-19-12-8-7-11-18(19)24(27)28/h4-15H,1-3H3. The van der Waals surface area contributed by atoms with E-state index in [4.69, 9.17) is 19.2 Å². The molecule has 0 N–H and O–H groups in total. The first-order chi connectivity index (χ1) is 15.2. The molecule has 0 aliphatic carbocycles. The fourth-order valence-electron chi connectivity index (χ4n) is 3.28. The van der Waals surface area contributed by atoms with E-state index in [0.29, 0.717) is 39.5 Å². The van der Waals surface area contributed by atoms with Crippen molar-refractivity contribution >= 4 is 17.1 Å². The lowest BCUT2D eigenvalue weighted by atomic mass is 10.2. The zero-order valence-electron chi connectivity index (χ0n) is 17.4. The van der Waals surface area contributed by atoms with E-state index in [2.05, 4.69) is 5.10 Å². The molecule has 0 amide bonds. The Morgan fingerprint density at radius 2 is 1.48 bits per heavy atom. The van der Waals surface area contributed by atoms with Gasteiger partial charge in [0.2, 0.25) is 0 Å². The predicted molar refractivity (Wildman–Crippen MR) is 121 cm³/mol. The van der Waals surface area contributed by atoms with Crippen molar-refractivity contribution < 1.29 is 14.2 Å². The van der Waals surface area contributed by atoms with Crippen LogP contribution in [0.5, 0.6) is 17.2 Å². The number of benzene rings is 3. The first-order valence-electron chi connectivity index (χ1n) is 9.58. The van der Waals surface area contributed by atoms with E-state index in [1.165, 1.54) is 4.68 Å². The Morgan fingerprint density at radius 3 is 2.19 bits per heavy atom. The van der Waals surface area contributed by atoms with Crippen LogP contribution >= 0.6 is 0 Å². The van der Waals surface area contributed by atoms with E-state index >= 15 is 0 Å². The number of fused-ring (bicyclic) bond motifs is 1. The number of nitrogens with zero attached hydrogens (tertiary/aromatic N) is 3. The number of hydrogen-bond donors (Lipinski definition) is 0. The summed E-state index contributed by atoms with van der Waals surface area (Å²) in [6.07, 6.45) is 1.55. The van der Waals surface area contributed by atoms with Crippen molar-refractivity contribution in [2.75, 3.05) is 21.3 Å². The second-order valence-corrected chi connectivity index (χ2v) is 6.63. The van der Waals surface area contributed by atoms with Gasteiger partial charge in [0, 0.05) is 17.2 Å². The van der Waals surface area contributed by atoms with Crippen molar-refractivity contribution in [2.24, 2.45) is 5.10 Å². The molecule has 0 fully saturated rings. The maximum absolute atomic E-state index is 13.3. The second-order valence-electron chi connectivity index (χ2n) is 6.63. The highest BCUT2D eigenvalue weighted by molar-refractivity contribution is 5.86. The third-order valence-corrected chi connectivity index (χ3v) is 4.83. The Morgan fingerprint density at radius 1 is 0.839 bits per heavy atom. The molecule has 4 rings (SSSR count). The Bertz CT molecular complexity index is 1310. The Hall–Kier alpha value is -4.13. The van der Waals surface area contributed by atoms with Gasteiger partial charge in [-0.25, -0.2) is 4.98 Å². The number of hydrogen-bond acceptors (Lipinski definition) is 6. The molecule has 0 aliphatic heterocycles. The summed E-state index contributed by atoms with van der Waals surface area (Å²) in [5, 5.41) is 4.97. The van der Waals surface area contributed by atoms with Crippen LogP contribution < -0.4 is 19.8 Å². The average Bonchev–Trinajstić information content (AvgIpc) is 2.83. The maximum atomic E-state index is 13.3. The third kappa shape index (κ3) is 3.85. The summed E-state index contributed by atoms with van der Waals surface area (Å²) in [5.41, 5.74) is 1.75. The molecule has 0 radical (unpaired) electrons. The largest absolute Gasteiger partial charge is 0.496 e. The van der Waals surface area contributed by atoms with E-state index in [1.54, 1.807) is 51.8 Å². The first-order valence-corrected chi connectivity index (χ1v) is 9.58. The monoisotopic (exact) mass is 415 g/mol. The summed E-state index contributed by atoms with van der Waals surface area (Å²) in [6.45, 7) is 0. The average molecular weight is 415 g/mol. The van der Waals surface area contributed by atoms with Gasteiger partial charge in [0.05, 0.1) is 38.4 Å². The molecule has 7 heteroatoms. The molecule has 0 aliphatic rings. The van der Waals surface area contributed by atoms with E-state index in [0.717, 1.165) is 5.56 Å². The van der Waals surface area contributed by atoms with Crippen molar-refractivity contribution in [1.29, 1.82) is 0 Å². The lowest BCUT2D eigenvalue weighted by Gasteiger charge is -2.12. The maximum Gasteiger partial charge on any atom is 0.282 e. The molecule has 0 bridgehead atoms. The molecular formula is C24H21N3O4. The van der Waals surface area contributed by atoms with E-state index in [9.17, 15) is 4.79 Å². The van der Waals surface area contributed by atoms with Crippen LogP contribution in [-0.4, -0.2) is 37.2 Å².